The smallest absolute Gasteiger partial charge is 0.243 e. The van der Waals surface area contributed by atoms with Gasteiger partial charge in [0, 0.05) is 43.9 Å². The van der Waals surface area contributed by atoms with Crippen molar-refractivity contribution >= 4 is 21.6 Å². The number of rotatable bonds is 7. The summed E-state index contributed by atoms with van der Waals surface area (Å²) in [5.41, 5.74) is 1.92. The number of piperidine rings is 1. The number of benzene rings is 1. The Kier molecular flexibility index (Phi) is 6.94. The number of carbonyl (C=O) groups is 1. The second kappa shape index (κ2) is 9.43. The summed E-state index contributed by atoms with van der Waals surface area (Å²) in [7, 11) is -1.74. The van der Waals surface area contributed by atoms with Gasteiger partial charge in [-0.2, -0.15) is 4.31 Å². The first-order valence-corrected chi connectivity index (χ1v) is 11.1. The molecule has 3 rings (SSSR count). The zero-order chi connectivity index (χ0) is 20.9. The van der Waals surface area contributed by atoms with Crippen LogP contribution in [-0.4, -0.2) is 60.2 Å². The third-order valence-electron chi connectivity index (χ3n) is 4.87. The number of hydrogen-bond donors (Lipinski definition) is 1. The predicted molar refractivity (Wildman–Crippen MR) is 111 cm³/mol. The van der Waals surface area contributed by atoms with Crippen LogP contribution in [0.15, 0.2) is 41.7 Å². The molecule has 0 atom stereocenters. The molecule has 8 nitrogen and oxygen atoms in total. The molecular formula is C20H27N5O3S. The minimum atomic E-state index is -3.56. The van der Waals surface area contributed by atoms with Gasteiger partial charge in [0.1, 0.15) is 0 Å². The highest BCUT2D eigenvalue weighted by Gasteiger charge is 2.27. The van der Waals surface area contributed by atoms with Crippen LogP contribution in [0.5, 0.6) is 0 Å². The van der Waals surface area contributed by atoms with E-state index < -0.39 is 10.0 Å². The van der Waals surface area contributed by atoms with E-state index >= 15 is 0 Å². The SMILES string of the molecule is Cc1ccc(NC(=O)CN(C)Cc2cnccn2)cc1S(=O)(=O)N1CCCCC1. The van der Waals surface area contributed by atoms with Crippen LogP contribution in [0.3, 0.4) is 0 Å². The molecule has 0 aliphatic carbocycles. The predicted octanol–water partition coefficient (Wildman–Crippen LogP) is 2.03. The molecule has 1 amide bonds. The van der Waals surface area contributed by atoms with Crippen molar-refractivity contribution in [1.29, 1.82) is 0 Å². The van der Waals surface area contributed by atoms with Gasteiger partial charge in [-0.1, -0.05) is 12.5 Å². The van der Waals surface area contributed by atoms with Gasteiger partial charge in [0.2, 0.25) is 15.9 Å². The average Bonchev–Trinajstić information content (AvgIpc) is 2.70. The summed E-state index contributed by atoms with van der Waals surface area (Å²) >= 11 is 0. The van der Waals surface area contributed by atoms with E-state index in [1.54, 1.807) is 48.0 Å². The number of likely N-dealkylation sites (N-methyl/N-ethyl adjacent to an activating group) is 1. The largest absolute Gasteiger partial charge is 0.325 e. The maximum atomic E-state index is 13.0. The van der Waals surface area contributed by atoms with E-state index in [1.165, 1.54) is 0 Å². The maximum Gasteiger partial charge on any atom is 0.243 e. The van der Waals surface area contributed by atoms with Crippen LogP contribution in [0.1, 0.15) is 30.5 Å². The molecule has 0 unspecified atom stereocenters. The number of nitrogens with one attached hydrogen (secondary N) is 1. The Labute approximate surface area is 172 Å². The van der Waals surface area contributed by atoms with Crippen molar-refractivity contribution < 1.29 is 13.2 Å². The van der Waals surface area contributed by atoms with Gasteiger partial charge in [-0.05, 0) is 44.5 Å². The third kappa shape index (κ3) is 5.59. The zero-order valence-corrected chi connectivity index (χ0v) is 17.7. The van der Waals surface area contributed by atoms with Crippen LogP contribution >= 0.6 is 0 Å². The molecule has 2 heterocycles. The van der Waals surface area contributed by atoms with Crippen molar-refractivity contribution in [3.8, 4) is 0 Å². The number of anilines is 1. The number of sulfonamides is 1. The van der Waals surface area contributed by atoms with Gasteiger partial charge in [-0.3, -0.25) is 19.7 Å². The molecule has 29 heavy (non-hydrogen) atoms. The molecule has 0 saturated carbocycles. The number of carbonyl (C=O) groups excluding carboxylic acids is 1. The lowest BCUT2D eigenvalue weighted by Crippen LogP contribution is -2.36. The van der Waals surface area contributed by atoms with Gasteiger partial charge in [0.25, 0.3) is 0 Å². The Hall–Kier alpha value is -2.36. The average molecular weight is 418 g/mol. The van der Waals surface area contributed by atoms with E-state index in [1.807, 2.05) is 11.9 Å². The van der Waals surface area contributed by atoms with Crippen molar-refractivity contribution in [3.63, 3.8) is 0 Å². The Balaban J connectivity index is 1.66. The molecule has 1 aliphatic heterocycles. The van der Waals surface area contributed by atoms with Crippen molar-refractivity contribution in [2.45, 2.75) is 37.6 Å². The monoisotopic (exact) mass is 417 g/mol. The molecule has 0 bridgehead atoms. The van der Waals surface area contributed by atoms with Gasteiger partial charge in [-0.15, -0.1) is 0 Å². The molecule has 1 saturated heterocycles. The lowest BCUT2D eigenvalue weighted by molar-refractivity contribution is -0.117. The van der Waals surface area contributed by atoms with E-state index in [0.717, 1.165) is 25.0 Å². The Morgan fingerprint density at radius 2 is 1.97 bits per heavy atom. The zero-order valence-electron chi connectivity index (χ0n) is 16.8. The molecule has 156 valence electrons. The Morgan fingerprint density at radius 3 is 2.66 bits per heavy atom. The highest BCUT2D eigenvalue weighted by molar-refractivity contribution is 7.89. The lowest BCUT2D eigenvalue weighted by Gasteiger charge is -2.26. The fraction of sp³-hybridized carbons (Fsp3) is 0.450. The summed E-state index contributed by atoms with van der Waals surface area (Å²) in [5.74, 6) is -0.221. The molecule has 1 aliphatic rings. The summed E-state index contributed by atoms with van der Waals surface area (Å²) in [6.45, 7) is 3.51. The Bertz CT molecular complexity index is 944. The molecule has 0 spiro atoms. The molecule has 1 aromatic heterocycles. The molecular weight excluding hydrogens is 390 g/mol. The molecule has 9 heteroatoms. The second-order valence-corrected chi connectivity index (χ2v) is 9.27. The van der Waals surface area contributed by atoms with E-state index in [9.17, 15) is 13.2 Å². The summed E-state index contributed by atoms with van der Waals surface area (Å²) in [6.07, 6.45) is 7.69. The summed E-state index contributed by atoms with van der Waals surface area (Å²) < 4.78 is 27.6. The van der Waals surface area contributed by atoms with Crippen LogP contribution in [-0.2, 0) is 21.4 Å². The first kappa shape index (κ1) is 21.4. The van der Waals surface area contributed by atoms with Crippen LogP contribution in [0, 0.1) is 6.92 Å². The second-order valence-electron chi connectivity index (χ2n) is 7.36. The Morgan fingerprint density at radius 1 is 1.21 bits per heavy atom. The van der Waals surface area contributed by atoms with E-state index in [2.05, 4.69) is 15.3 Å². The third-order valence-corrected chi connectivity index (χ3v) is 6.91. The van der Waals surface area contributed by atoms with Gasteiger partial charge >= 0.3 is 0 Å². The van der Waals surface area contributed by atoms with Crippen molar-refractivity contribution in [2.24, 2.45) is 0 Å². The summed E-state index contributed by atoms with van der Waals surface area (Å²) in [5, 5.41) is 2.80. The standard InChI is InChI=1S/C20H27N5O3S/c1-16-6-7-17(12-19(16)29(27,28)25-10-4-3-5-11-25)23-20(26)15-24(2)14-18-13-21-8-9-22-18/h6-9,12-13H,3-5,10-11,14-15H2,1-2H3,(H,23,26). The molecule has 2 aromatic rings. The van der Waals surface area contributed by atoms with Crippen LogP contribution in [0.25, 0.3) is 0 Å². The molecule has 0 radical (unpaired) electrons. The first-order chi connectivity index (χ1) is 13.9. The topological polar surface area (TPSA) is 95.5 Å². The van der Waals surface area contributed by atoms with Gasteiger partial charge in [0.05, 0.1) is 17.1 Å². The van der Waals surface area contributed by atoms with Crippen molar-refractivity contribution in [2.75, 3.05) is 32.0 Å². The van der Waals surface area contributed by atoms with Gasteiger partial charge < -0.3 is 5.32 Å². The fourth-order valence-electron chi connectivity index (χ4n) is 3.39. The van der Waals surface area contributed by atoms with E-state index in [4.69, 9.17) is 0 Å². The summed E-state index contributed by atoms with van der Waals surface area (Å²) in [6, 6.07) is 5.01. The van der Waals surface area contributed by atoms with Crippen molar-refractivity contribution in [1.82, 2.24) is 19.2 Å². The number of nitrogens with zero attached hydrogens (tertiary/aromatic N) is 4. The minimum absolute atomic E-state index is 0.151. The lowest BCUT2D eigenvalue weighted by atomic mass is 10.2. The quantitative estimate of drug-likeness (QED) is 0.741. The maximum absolute atomic E-state index is 13.0. The minimum Gasteiger partial charge on any atom is -0.325 e. The highest BCUT2D eigenvalue weighted by atomic mass is 32.2. The number of amides is 1. The van der Waals surface area contributed by atoms with Crippen LogP contribution < -0.4 is 5.32 Å². The van der Waals surface area contributed by atoms with E-state index in [-0.39, 0.29) is 17.3 Å². The van der Waals surface area contributed by atoms with Gasteiger partial charge in [0.15, 0.2) is 0 Å². The number of aromatic nitrogens is 2. The van der Waals surface area contributed by atoms with Crippen LogP contribution in [0.4, 0.5) is 5.69 Å². The number of hydrogen-bond acceptors (Lipinski definition) is 6. The van der Waals surface area contributed by atoms with Gasteiger partial charge in [-0.25, -0.2) is 8.42 Å². The first-order valence-electron chi connectivity index (χ1n) is 9.70. The molecule has 1 aromatic carbocycles. The molecule has 1 fully saturated rings. The summed E-state index contributed by atoms with van der Waals surface area (Å²) in [4.78, 5) is 22.7. The molecule has 1 N–H and O–H groups in total. The normalized spacial score (nSPS) is 15.4. The highest BCUT2D eigenvalue weighted by Crippen LogP contribution is 2.26. The fourth-order valence-corrected chi connectivity index (χ4v) is 5.16. The van der Waals surface area contributed by atoms with E-state index in [0.29, 0.717) is 30.9 Å². The van der Waals surface area contributed by atoms with Crippen molar-refractivity contribution in [3.05, 3.63) is 48.0 Å². The van der Waals surface area contributed by atoms with Crippen LogP contribution in [0.2, 0.25) is 0 Å². The number of aryl methyl sites for hydroxylation is 1.